The monoisotopic (exact) mass is 225 g/mol. The van der Waals surface area contributed by atoms with Gasteiger partial charge in [0.1, 0.15) is 0 Å². The molecule has 0 spiro atoms. The predicted octanol–water partition coefficient (Wildman–Crippen LogP) is 1.52. The second-order valence-electron chi connectivity index (χ2n) is 2.81. The van der Waals surface area contributed by atoms with E-state index in [1.54, 1.807) is 24.3 Å². The van der Waals surface area contributed by atoms with Crippen LogP contribution in [-0.2, 0) is 20.3 Å². The molecule has 1 rings (SSSR count). The third-order valence-corrected chi connectivity index (χ3v) is 3.01. The van der Waals surface area contributed by atoms with E-state index >= 15 is 0 Å². The molecular weight excluding hydrogens is 213 g/mol. The standard InChI is InChI=1S/C11H12O3S/c1-14-8-7-10(12)9-15(13)11-5-3-2-4-6-11/h2-8H,9H2,1H3/b8-7+/i9+1. The first-order valence-electron chi connectivity index (χ1n) is 4.39. The van der Waals surface area contributed by atoms with Crippen molar-refractivity contribution in [3.63, 3.8) is 0 Å². The second-order valence-corrected chi connectivity index (χ2v) is 4.26. The summed E-state index contributed by atoms with van der Waals surface area (Å²) >= 11 is 0. The van der Waals surface area contributed by atoms with Crippen LogP contribution in [0.4, 0.5) is 0 Å². The molecule has 1 aromatic carbocycles. The zero-order valence-electron chi connectivity index (χ0n) is 8.38. The summed E-state index contributed by atoms with van der Waals surface area (Å²) in [5.41, 5.74) is 0. The van der Waals surface area contributed by atoms with Gasteiger partial charge in [0.2, 0.25) is 0 Å². The SMILES string of the molecule is CO/C=C/C(=O)[13CH2]S(=O)c1ccccc1. The van der Waals surface area contributed by atoms with E-state index in [0.29, 0.717) is 4.90 Å². The average molecular weight is 225 g/mol. The molecule has 0 radical (unpaired) electrons. The van der Waals surface area contributed by atoms with Gasteiger partial charge in [0, 0.05) is 11.0 Å². The first kappa shape index (κ1) is 11.7. The maximum atomic E-state index is 11.6. The molecule has 1 unspecified atom stereocenters. The molecule has 0 aliphatic heterocycles. The van der Waals surface area contributed by atoms with E-state index in [2.05, 4.69) is 4.74 Å². The van der Waals surface area contributed by atoms with Gasteiger partial charge in [-0.3, -0.25) is 9.00 Å². The molecule has 4 heteroatoms. The number of ether oxygens (including phenoxy) is 1. The van der Waals surface area contributed by atoms with Crippen molar-refractivity contribution in [1.29, 1.82) is 0 Å². The van der Waals surface area contributed by atoms with E-state index in [0.717, 1.165) is 0 Å². The number of allylic oxidation sites excluding steroid dienone is 1. The van der Waals surface area contributed by atoms with Crippen molar-refractivity contribution in [3.8, 4) is 0 Å². The highest BCUT2D eigenvalue weighted by Crippen LogP contribution is 2.05. The molecule has 0 N–H and O–H groups in total. The first-order chi connectivity index (χ1) is 7.24. The summed E-state index contributed by atoms with van der Waals surface area (Å²) in [6, 6.07) is 8.91. The van der Waals surface area contributed by atoms with Crippen LogP contribution < -0.4 is 0 Å². The molecule has 0 fully saturated rings. The molecule has 0 aromatic heterocycles. The number of hydrogen-bond acceptors (Lipinski definition) is 3. The van der Waals surface area contributed by atoms with Crippen LogP contribution in [0, 0.1) is 0 Å². The van der Waals surface area contributed by atoms with E-state index in [1.807, 2.05) is 6.07 Å². The Hall–Kier alpha value is -1.42. The summed E-state index contributed by atoms with van der Waals surface area (Å²) in [5, 5.41) is 0. The molecule has 0 bridgehead atoms. The Bertz CT molecular complexity index is 371. The number of methoxy groups -OCH3 is 1. The fourth-order valence-corrected chi connectivity index (χ4v) is 1.96. The van der Waals surface area contributed by atoms with Crippen molar-refractivity contribution in [2.45, 2.75) is 4.90 Å². The lowest BCUT2D eigenvalue weighted by Crippen LogP contribution is -2.07. The van der Waals surface area contributed by atoms with Crippen molar-refractivity contribution in [2.24, 2.45) is 0 Å². The van der Waals surface area contributed by atoms with Crippen LogP contribution >= 0.6 is 0 Å². The fourth-order valence-electron chi connectivity index (χ4n) is 0.977. The quantitative estimate of drug-likeness (QED) is 0.433. The van der Waals surface area contributed by atoms with Crippen molar-refractivity contribution in [1.82, 2.24) is 0 Å². The normalized spacial score (nSPS) is 12.6. The van der Waals surface area contributed by atoms with Gasteiger partial charge in [-0.1, -0.05) is 18.2 Å². The van der Waals surface area contributed by atoms with Crippen LogP contribution in [0.2, 0.25) is 0 Å². The highest BCUT2D eigenvalue weighted by molar-refractivity contribution is 7.85. The average Bonchev–Trinajstić information content (AvgIpc) is 2.27. The summed E-state index contributed by atoms with van der Waals surface area (Å²) in [7, 11) is 0.183. The van der Waals surface area contributed by atoms with Crippen molar-refractivity contribution in [2.75, 3.05) is 12.9 Å². The Balaban J connectivity index is 2.57. The molecule has 0 amide bonds. The lowest BCUT2D eigenvalue weighted by Gasteiger charge is -1.98. The smallest absolute Gasteiger partial charge is 0.171 e. The highest BCUT2D eigenvalue weighted by Gasteiger charge is 2.06. The predicted molar refractivity (Wildman–Crippen MR) is 58.9 cm³/mol. The minimum atomic E-state index is -1.27. The van der Waals surface area contributed by atoms with Crippen LogP contribution in [0.5, 0.6) is 0 Å². The lowest BCUT2D eigenvalue weighted by molar-refractivity contribution is -0.112. The molecule has 1 aromatic rings. The van der Waals surface area contributed by atoms with Crippen LogP contribution in [0.1, 0.15) is 0 Å². The second kappa shape index (κ2) is 6.14. The maximum absolute atomic E-state index is 11.6. The van der Waals surface area contributed by atoms with Gasteiger partial charge in [-0.2, -0.15) is 0 Å². The van der Waals surface area contributed by atoms with Gasteiger partial charge < -0.3 is 4.74 Å². The third-order valence-electron chi connectivity index (χ3n) is 1.67. The Morgan fingerprint density at radius 3 is 2.67 bits per heavy atom. The van der Waals surface area contributed by atoms with Crippen LogP contribution in [0.3, 0.4) is 0 Å². The number of rotatable bonds is 5. The number of hydrogen-bond donors (Lipinski definition) is 0. The zero-order chi connectivity index (χ0) is 11.1. The molecule has 0 saturated heterocycles. The number of carbonyl (C=O) groups excluding carboxylic acids is 1. The molecule has 80 valence electrons. The number of ketones is 1. The topological polar surface area (TPSA) is 43.4 Å². The zero-order valence-corrected chi connectivity index (χ0v) is 9.20. The summed E-state index contributed by atoms with van der Waals surface area (Å²) < 4.78 is 16.2. The van der Waals surface area contributed by atoms with E-state index in [4.69, 9.17) is 0 Å². The van der Waals surface area contributed by atoms with Gasteiger partial charge in [-0.15, -0.1) is 0 Å². The van der Waals surface area contributed by atoms with Gasteiger partial charge in [0.05, 0.1) is 29.9 Å². The third kappa shape index (κ3) is 4.08. The van der Waals surface area contributed by atoms with E-state index in [-0.39, 0.29) is 11.5 Å². The van der Waals surface area contributed by atoms with Gasteiger partial charge >= 0.3 is 0 Å². The lowest BCUT2D eigenvalue weighted by atomic mass is 10.4. The van der Waals surface area contributed by atoms with Crippen molar-refractivity contribution < 1.29 is 13.7 Å². The Kier molecular flexibility index (Phi) is 4.77. The van der Waals surface area contributed by atoms with Gasteiger partial charge in [0.15, 0.2) is 5.78 Å². The highest BCUT2D eigenvalue weighted by atomic mass is 32.2. The largest absolute Gasteiger partial charge is 0.504 e. The first-order valence-corrected chi connectivity index (χ1v) is 5.71. The van der Waals surface area contributed by atoms with Gasteiger partial charge in [0.25, 0.3) is 0 Å². The molecule has 15 heavy (non-hydrogen) atoms. The van der Waals surface area contributed by atoms with Gasteiger partial charge in [-0.05, 0) is 12.1 Å². The van der Waals surface area contributed by atoms with Crippen molar-refractivity contribution >= 4 is 16.6 Å². The molecule has 0 aliphatic carbocycles. The summed E-state index contributed by atoms with van der Waals surface area (Å²) in [5.74, 6) is -0.219. The number of benzene rings is 1. The molecule has 1 atom stereocenters. The van der Waals surface area contributed by atoms with Crippen LogP contribution in [-0.4, -0.2) is 22.9 Å². The van der Waals surface area contributed by atoms with E-state index < -0.39 is 10.8 Å². The minimum Gasteiger partial charge on any atom is -0.504 e. The Morgan fingerprint density at radius 2 is 2.07 bits per heavy atom. The summed E-state index contributed by atoms with van der Waals surface area (Å²) in [4.78, 5) is 11.9. The van der Waals surface area contributed by atoms with Gasteiger partial charge in [-0.25, -0.2) is 0 Å². The summed E-state index contributed by atoms with van der Waals surface area (Å²) in [6.07, 6.45) is 2.56. The molecule has 0 saturated carbocycles. The van der Waals surface area contributed by atoms with Crippen molar-refractivity contribution in [3.05, 3.63) is 42.7 Å². The summed E-state index contributed by atoms with van der Waals surface area (Å²) in [6.45, 7) is 0. The fraction of sp³-hybridized carbons (Fsp3) is 0.182. The Labute approximate surface area is 91.2 Å². The molecular formula is C11H12O3S. The maximum Gasteiger partial charge on any atom is 0.171 e. The molecule has 0 aliphatic rings. The van der Waals surface area contributed by atoms with Crippen LogP contribution in [0.15, 0.2) is 47.6 Å². The van der Waals surface area contributed by atoms with E-state index in [1.165, 1.54) is 19.4 Å². The van der Waals surface area contributed by atoms with Crippen LogP contribution in [0.25, 0.3) is 0 Å². The van der Waals surface area contributed by atoms with E-state index in [9.17, 15) is 9.00 Å². The molecule has 0 heterocycles. The minimum absolute atomic E-state index is 0.0100. The molecule has 3 nitrogen and oxygen atoms in total. The Morgan fingerprint density at radius 1 is 1.40 bits per heavy atom. The number of carbonyl (C=O) groups is 1.